The Morgan fingerprint density at radius 2 is 1.95 bits per heavy atom. The average Bonchev–Trinajstić information content (AvgIpc) is 2.89. The normalized spacial score (nSPS) is 15.1. The van der Waals surface area contributed by atoms with E-state index in [1.165, 1.54) is 19.2 Å². The third kappa shape index (κ3) is 3.61. The van der Waals surface area contributed by atoms with Crippen LogP contribution in [-0.4, -0.2) is 35.4 Å². The SMILES string of the molecule is CCOC(C)(OCC)OC(C(=O)O)(c1ccno1)C(C)C. The van der Waals surface area contributed by atoms with Gasteiger partial charge < -0.3 is 23.8 Å². The molecule has 0 radical (unpaired) electrons. The average molecular weight is 301 g/mol. The fourth-order valence-corrected chi connectivity index (χ4v) is 2.17. The van der Waals surface area contributed by atoms with Gasteiger partial charge in [-0.25, -0.2) is 4.79 Å². The molecule has 0 fully saturated rings. The molecular weight excluding hydrogens is 278 g/mol. The largest absolute Gasteiger partial charge is 0.479 e. The second-order valence-electron chi connectivity index (χ2n) is 4.90. The highest BCUT2D eigenvalue weighted by Crippen LogP contribution is 2.38. The highest BCUT2D eigenvalue weighted by Gasteiger charge is 2.53. The highest BCUT2D eigenvalue weighted by atomic mass is 16.9. The maximum Gasteiger partial charge on any atom is 0.344 e. The Labute approximate surface area is 124 Å². The first-order valence-corrected chi connectivity index (χ1v) is 6.95. The summed E-state index contributed by atoms with van der Waals surface area (Å²) in [4.78, 5) is 11.9. The van der Waals surface area contributed by atoms with Gasteiger partial charge >= 0.3 is 5.97 Å². The van der Waals surface area contributed by atoms with Gasteiger partial charge in [-0.15, -0.1) is 0 Å². The second-order valence-corrected chi connectivity index (χ2v) is 4.90. The van der Waals surface area contributed by atoms with Crippen LogP contribution >= 0.6 is 0 Å². The molecule has 0 amide bonds. The predicted octanol–water partition coefficient (Wildman–Crippen LogP) is 2.37. The number of nitrogens with zero attached hydrogens (tertiary/aromatic N) is 1. The van der Waals surface area contributed by atoms with Gasteiger partial charge in [0.1, 0.15) is 0 Å². The number of carboxylic acid groups (broad SMARTS) is 1. The Bertz CT molecular complexity index is 438. The molecule has 1 atom stereocenters. The molecule has 7 nitrogen and oxygen atoms in total. The molecule has 21 heavy (non-hydrogen) atoms. The molecule has 0 saturated carbocycles. The van der Waals surface area contributed by atoms with Crippen LogP contribution in [0.5, 0.6) is 0 Å². The van der Waals surface area contributed by atoms with Crippen molar-refractivity contribution in [3.8, 4) is 0 Å². The van der Waals surface area contributed by atoms with E-state index in [9.17, 15) is 9.90 Å². The second kappa shape index (κ2) is 7.02. The molecule has 0 aliphatic rings. The van der Waals surface area contributed by atoms with Crippen LogP contribution in [0.4, 0.5) is 0 Å². The molecule has 0 bridgehead atoms. The zero-order chi connectivity index (χ0) is 16.1. The van der Waals surface area contributed by atoms with Crippen LogP contribution in [0, 0.1) is 5.92 Å². The van der Waals surface area contributed by atoms with E-state index in [-0.39, 0.29) is 5.76 Å². The fourth-order valence-electron chi connectivity index (χ4n) is 2.17. The zero-order valence-corrected chi connectivity index (χ0v) is 13.1. The van der Waals surface area contributed by atoms with Crippen molar-refractivity contribution in [2.24, 2.45) is 5.92 Å². The summed E-state index contributed by atoms with van der Waals surface area (Å²) in [5.41, 5.74) is -1.75. The maximum atomic E-state index is 11.9. The monoisotopic (exact) mass is 301 g/mol. The Balaban J connectivity index is 3.27. The van der Waals surface area contributed by atoms with Crippen LogP contribution in [0.1, 0.15) is 40.4 Å². The van der Waals surface area contributed by atoms with Crippen LogP contribution in [0.2, 0.25) is 0 Å². The predicted molar refractivity (Wildman–Crippen MR) is 73.4 cm³/mol. The minimum absolute atomic E-state index is 0.0932. The number of aliphatic carboxylic acids is 1. The number of hydrogen-bond acceptors (Lipinski definition) is 6. The number of carboxylic acids is 1. The molecular formula is C14H23NO6. The number of hydrogen-bond donors (Lipinski definition) is 1. The van der Waals surface area contributed by atoms with Gasteiger partial charge in [0.05, 0.1) is 6.20 Å². The van der Waals surface area contributed by atoms with Gasteiger partial charge in [0.25, 0.3) is 5.97 Å². The quantitative estimate of drug-likeness (QED) is 0.700. The molecule has 1 N–H and O–H groups in total. The van der Waals surface area contributed by atoms with Gasteiger partial charge in [-0.1, -0.05) is 19.0 Å². The molecule has 0 aromatic carbocycles. The number of aromatic nitrogens is 1. The van der Waals surface area contributed by atoms with Crippen LogP contribution in [-0.2, 0) is 24.6 Å². The van der Waals surface area contributed by atoms with E-state index < -0.39 is 23.5 Å². The number of rotatable bonds is 9. The fraction of sp³-hybridized carbons (Fsp3) is 0.714. The lowest BCUT2D eigenvalue weighted by molar-refractivity contribution is -0.405. The Hall–Kier alpha value is -1.44. The summed E-state index contributed by atoms with van der Waals surface area (Å²) in [7, 11) is 0. The van der Waals surface area contributed by atoms with Crippen molar-refractivity contribution in [3.63, 3.8) is 0 Å². The smallest absolute Gasteiger partial charge is 0.344 e. The molecule has 0 spiro atoms. The van der Waals surface area contributed by atoms with Crippen molar-refractivity contribution in [3.05, 3.63) is 18.0 Å². The third-order valence-electron chi connectivity index (χ3n) is 3.09. The zero-order valence-electron chi connectivity index (χ0n) is 13.1. The molecule has 1 aromatic heterocycles. The van der Waals surface area contributed by atoms with Gasteiger partial charge in [-0.05, 0) is 13.8 Å². The molecule has 0 aliphatic heterocycles. The number of ether oxygens (including phenoxy) is 3. The summed E-state index contributed by atoms with van der Waals surface area (Å²) in [6.45, 7) is 9.13. The minimum atomic E-state index is -1.75. The standard InChI is InChI=1S/C14H23NO6/c1-6-18-13(5,19-7-2)21-14(10(3)4,12(16)17)11-8-9-15-20-11/h8-10H,6-7H2,1-5H3,(H,16,17). The van der Waals surface area contributed by atoms with E-state index in [4.69, 9.17) is 18.7 Å². The lowest BCUT2D eigenvalue weighted by atomic mass is 9.87. The van der Waals surface area contributed by atoms with Gasteiger partial charge in [-0.2, -0.15) is 0 Å². The first-order chi connectivity index (χ1) is 9.82. The van der Waals surface area contributed by atoms with Crippen molar-refractivity contribution in [1.82, 2.24) is 5.16 Å². The van der Waals surface area contributed by atoms with E-state index >= 15 is 0 Å². The molecule has 7 heteroatoms. The maximum absolute atomic E-state index is 11.9. The Kier molecular flexibility index (Phi) is 5.88. The first-order valence-electron chi connectivity index (χ1n) is 6.95. The van der Waals surface area contributed by atoms with Gasteiger partial charge in [0.2, 0.25) is 5.60 Å². The molecule has 0 aliphatic carbocycles. The summed E-state index contributed by atoms with van der Waals surface area (Å²) >= 11 is 0. The Morgan fingerprint density at radius 3 is 2.29 bits per heavy atom. The van der Waals surface area contributed by atoms with Gasteiger partial charge in [-0.3, -0.25) is 0 Å². The van der Waals surface area contributed by atoms with Crippen LogP contribution in [0.25, 0.3) is 0 Å². The third-order valence-corrected chi connectivity index (χ3v) is 3.09. The summed E-state index contributed by atoms with van der Waals surface area (Å²) in [6.07, 6.45) is 1.37. The number of carbonyl (C=O) groups is 1. The molecule has 1 heterocycles. The van der Waals surface area contributed by atoms with E-state index in [0.717, 1.165) is 0 Å². The van der Waals surface area contributed by atoms with Gasteiger partial charge in [0, 0.05) is 32.1 Å². The van der Waals surface area contributed by atoms with Crippen LogP contribution < -0.4 is 0 Å². The molecule has 0 saturated heterocycles. The molecule has 1 unspecified atom stereocenters. The lowest BCUT2D eigenvalue weighted by Crippen LogP contribution is -2.52. The first kappa shape index (κ1) is 17.6. The van der Waals surface area contributed by atoms with Crippen molar-refractivity contribution in [1.29, 1.82) is 0 Å². The van der Waals surface area contributed by atoms with Gasteiger partial charge in [0.15, 0.2) is 5.76 Å². The van der Waals surface area contributed by atoms with E-state index in [0.29, 0.717) is 13.2 Å². The van der Waals surface area contributed by atoms with Crippen LogP contribution in [0.3, 0.4) is 0 Å². The van der Waals surface area contributed by atoms with Crippen molar-refractivity contribution < 1.29 is 28.6 Å². The highest BCUT2D eigenvalue weighted by molar-refractivity contribution is 5.79. The molecule has 1 rings (SSSR count). The van der Waals surface area contributed by atoms with E-state index in [1.807, 2.05) is 0 Å². The summed E-state index contributed by atoms with van der Waals surface area (Å²) < 4.78 is 21.8. The summed E-state index contributed by atoms with van der Waals surface area (Å²) in [6, 6.07) is 1.46. The van der Waals surface area contributed by atoms with Crippen LogP contribution in [0.15, 0.2) is 16.8 Å². The van der Waals surface area contributed by atoms with Crippen molar-refractivity contribution in [2.45, 2.75) is 46.2 Å². The molecule has 120 valence electrons. The van der Waals surface area contributed by atoms with Crippen molar-refractivity contribution in [2.75, 3.05) is 13.2 Å². The topological polar surface area (TPSA) is 91.0 Å². The summed E-state index contributed by atoms with van der Waals surface area (Å²) in [5, 5.41) is 13.3. The summed E-state index contributed by atoms with van der Waals surface area (Å²) in [5.74, 6) is -3.04. The van der Waals surface area contributed by atoms with Crippen molar-refractivity contribution >= 4 is 5.97 Å². The van der Waals surface area contributed by atoms with E-state index in [1.54, 1.807) is 27.7 Å². The minimum Gasteiger partial charge on any atom is -0.479 e. The molecule has 1 aromatic rings. The lowest BCUT2D eigenvalue weighted by Gasteiger charge is -2.39. The Morgan fingerprint density at radius 1 is 1.38 bits per heavy atom. The van der Waals surface area contributed by atoms with E-state index in [2.05, 4.69) is 5.16 Å².